The van der Waals surface area contributed by atoms with Gasteiger partial charge in [-0.1, -0.05) is 29.8 Å². The molecule has 2 aromatic carbocycles. The summed E-state index contributed by atoms with van der Waals surface area (Å²) in [6.45, 7) is -2.93. The van der Waals surface area contributed by atoms with Crippen LogP contribution in [0.15, 0.2) is 42.0 Å². The minimum absolute atomic E-state index is 0.0567. The molecule has 124 valence electrons. The first-order valence-corrected chi connectivity index (χ1v) is 7.53. The zero-order chi connectivity index (χ0) is 17.3. The van der Waals surface area contributed by atoms with Gasteiger partial charge in [0.05, 0.1) is 7.11 Å². The molecule has 0 heterocycles. The van der Waals surface area contributed by atoms with Gasteiger partial charge < -0.3 is 9.47 Å². The Morgan fingerprint density at radius 3 is 2.67 bits per heavy atom. The van der Waals surface area contributed by atoms with Gasteiger partial charge in [-0.05, 0) is 35.4 Å². The van der Waals surface area contributed by atoms with Crippen LogP contribution in [0.1, 0.15) is 21.5 Å². The third kappa shape index (κ3) is 3.12. The van der Waals surface area contributed by atoms with Crippen LogP contribution in [0, 0.1) is 0 Å². The van der Waals surface area contributed by atoms with Crippen LogP contribution in [0.4, 0.5) is 8.78 Å². The van der Waals surface area contributed by atoms with Crippen LogP contribution in [-0.4, -0.2) is 19.5 Å². The first kappa shape index (κ1) is 16.5. The monoisotopic (exact) mass is 350 g/mol. The number of Topliss-reactive ketones (excluding diaryl/α,β-unsaturated/α-hetero) is 1. The van der Waals surface area contributed by atoms with E-state index in [4.69, 9.17) is 16.3 Å². The highest BCUT2D eigenvalue weighted by Gasteiger charge is 2.26. The van der Waals surface area contributed by atoms with E-state index in [-0.39, 0.29) is 17.3 Å². The molecular formula is C18H13ClF2O3. The molecule has 1 aliphatic carbocycles. The van der Waals surface area contributed by atoms with Crippen LogP contribution in [0.2, 0.25) is 5.02 Å². The number of alkyl halides is 2. The van der Waals surface area contributed by atoms with E-state index in [2.05, 4.69) is 4.74 Å². The summed E-state index contributed by atoms with van der Waals surface area (Å²) < 4.78 is 34.2. The van der Waals surface area contributed by atoms with Crippen molar-refractivity contribution in [3.05, 3.63) is 63.7 Å². The lowest BCUT2D eigenvalue weighted by molar-refractivity contribution is -0.0512. The molecule has 0 fully saturated rings. The topological polar surface area (TPSA) is 35.5 Å². The Hall–Kier alpha value is -2.40. The van der Waals surface area contributed by atoms with Crippen molar-refractivity contribution in [3.63, 3.8) is 0 Å². The molecule has 2 aromatic rings. The molecule has 24 heavy (non-hydrogen) atoms. The molecule has 0 spiro atoms. The Morgan fingerprint density at radius 2 is 2.00 bits per heavy atom. The Labute approximate surface area is 142 Å². The van der Waals surface area contributed by atoms with Crippen molar-refractivity contribution < 1.29 is 23.0 Å². The number of carbonyl (C=O) groups is 1. The van der Waals surface area contributed by atoms with Crippen LogP contribution in [-0.2, 0) is 6.42 Å². The molecular weight excluding hydrogens is 338 g/mol. The molecule has 0 bridgehead atoms. The largest absolute Gasteiger partial charge is 0.493 e. The maximum atomic E-state index is 12.4. The van der Waals surface area contributed by atoms with Gasteiger partial charge in [0.15, 0.2) is 17.3 Å². The summed E-state index contributed by atoms with van der Waals surface area (Å²) in [5, 5.41) is 0.558. The number of methoxy groups -OCH3 is 1. The van der Waals surface area contributed by atoms with Gasteiger partial charge >= 0.3 is 6.61 Å². The molecule has 0 aromatic heterocycles. The molecule has 6 heteroatoms. The van der Waals surface area contributed by atoms with Gasteiger partial charge in [0.25, 0.3) is 0 Å². The standard InChI is InChI=1S/C18H13ClF2O3/c1-23-16-8-10(5-6-15(16)24-18(20)21)7-11-9-13-12(17(11)22)3-2-4-14(13)19/h2-8,18H,9H2,1H3. The average molecular weight is 351 g/mol. The molecule has 0 atom stereocenters. The number of benzene rings is 2. The summed E-state index contributed by atoms with van der Waals surface area (Å²) in [4.78, 5) is 12.4. The van der Waals surface area contributed by atoms with E-state index in [1.54, 1.807) is 36.4 Å². The number of rotatable bonds is 4. The van der Waals surface area contributed by atoms with Crippen molar-refractivity contribution in [2.45, 2.75) is 13.0 Å². The lowest BCUT2D eigenvalue weighted by Crippen LogP contribution is -2.03. The number of fused-ring (bicyclic) bond motifs is 1. The Bertz CT molecular complexity index is 831. The Kier molecular flexibility index (Phi) is 4.53. The minimum Gasteiger partial charge on any atom is -0.493 e. The fourth-order valence-corrected chi connectivity index (χ4v) is 2.92. The third-order valence-corrected chi connectivity index (χ3v) is 4.12. The second-order valence-corrected chi connectivity index (χ2v) is 5.64. The number of halogens is 3. The van der Waals surface area contributed by atoms with Crippen molar-refractivity contribution in [3.8, 4) is 11.5 Å². The number of hydrogen-bond acceptors (Lipinski definition) is 3. The normalized spacial score (nSPS) is 15.0. The van der Waals surface area contributed by atoms with E-state index in [0.29, 0.717) is 28.1 Å². The first-order chi connectivity index (χ1) is 11.5. The number of allylic oxidation sites excluding steroid dienone is 1. The van der Waals surface area contributed by atoms with E-state index in [0.717, 1.165) is 5.56 Å². The Morgan fingerprint density at radius 1 is 1.21 bits per heavy atom. The molecule has 0 N–H and O–H groups in total. The highest BCUT2D eigenvalue weighted by Crippen LogP contribution is 2.34. The fourth-order valence-electron chi connectivity index (χ4n) is 2.68. The predicted molar refractivity (Wildman–Crippen MR) is 87.1 cm³/mol. The zero-order valence-corrected chi connectivity index (χ0v) is 13.4. The van der Waals surface area contributed by atoms with Gasteiger partial charge in [0.2, 0.25) is 0 Å². The van der Waals surface area contributed by atoms with E-state index < -0.39 is 6.61 Å². The van der Waals surface area contributed by atoms with Gasteiger partial charge in [-0.25, -0.2) is 0 Å². The summed E-state index contributed by atoms with van der Waals surface area (Å²) >= 11 is 6.13. The van der Waals surface area contributed by atoms with E-state index >= 15 is 0 Å². The highest BCUT2D eigenvalue weighted by atomic mass is 35.5. The van der Waals surface area contributed by atoms with Gasteiger partial charge in [-0.15, -0.1) is 0 Å². The summed E-state index contributed by atoms with van der Waals surface area (Å²) in [6, 6.07) is 9.74. The summed E-state index contributed by atoms with van der Waals surface area (Å²) in [7, 11) is 1.36. The van der Waals surface area contributed by atoms with Crippen LogP contribution < -0.4 is 9.47 Å². The summed E-state index contributed by atoms with van der Waals surface area (Å²) in [6.07, 6.45) is 2.14. The maximum Gasteiger partial charge on any atom is 0.387 e. The summed E-state index contributed by atoms with van der Waals surface area (Å²) in [5.74, 6) is 0.0312. The molecule has 0 saturated carbocycles. The number of carbonyl (C=O) groups excluding carboxylic acids is 1. The Balaban J connectivity index is 1.93. The quantitative estimate of drug-likeness (QED) is 0.745. The van der Waals surface area contributed by atoms with Crippen LogP contribution in [0.25, 0.3) is 6.08 Å². The lowest BCUT2D eigenvalue weighted by atomic mass is 10.1. The van der Waals surface area contributed by atoms with Gasteiger partial charge in [-0.2, -0.15) is 8.78 Å². The smallest absolute Gasteiger partial charge is 0.387 e. The maximum absolute atomic E-state index is 12.4. The number of hydrogen-bond donors (Lipinski definition) is 0. The van der Waals surface area contributed by atoms with Crippen molar-refractivity contribution in [2.75, 3.05) is 7.11 Å². The molecule has 0 amide bonds. The molecule has 0 saturated heterocycles. The summed E-state index contributed by atoms with van der Waals surface area (Å²) in [5.41, 5.74) is 2.64. The van der Waals surface area contributed by atoms with Crippen LogP contribution in [0.3, 0.4) is 0 Å². The minimum atomic E-state index is -2.93. The second-order valence-electron chi connectivity index (χ2n) is 5.23. The SMILES string of the molecule is COc1cc(C=C2Cc3c(Cl)cccc3C2=O)ccc1OC(F)F. The highest BCUT2D eigenvalue weighted by molar-refractivity contribution is 6.33. The molecule has 0 radical (unpaired) electrons. The van der Waals surface area contributed by atoms with E-state index in [1.165, 1.54) is 13.2 Å². The third-order valence-electron chi connectivity index (χ3n) is 3.77. The van der Waals surface area contributed by atoms with Crippen molar-refractivity contribution in [1.29, 1.82) is 0 Å². The van der Waals surface area contributed by atoms with Crippen LogP contribution in [0.5, 0.6) is 11.5 Å². The van der Waals surface area contributed by atoms with Gasteiger partial charge in [0.1, 0.15) is 0 Å². The lowest BCUT2D eigenvalue weighted by Gasteiger charge is -2.10. The number of ether oxygens (including phenoxy) is 2. The van der Waals surface area contributed by atoms with Crippen LogP contribution >= 0.6 is 11.6 Å². The van der Waals surface area contributed by atoms with Crippen molar-refractivity contribution in [2.24, 2.45) is 0 Å². The first-order valence-electron chi connectivity index (χ1n) is 7.15. The molecule has 0 aliphatic heterocycles. The predicted octanol–water partition coefficient (Wildman–Crippen LogP) is 4.77. The second kappa shape index (κ2) is 6.61. The van der Waals surface area contributed by atoms with E-state index in [1.807, 2.05) is 0 Å². The molecule has 3 rings (SSSR count). The van der Waals surface area contributed by atoms with Gasteiger partial charge in [0, 0.05) is 22.6 Å². The fraction of sp³-hybridized carbons (Fsp3) is 0.167. The van der Waals surface area contributed by atoms with E-state index in [9.17, 15) is 13.6 Å². The molecule has 0 unspecified atom stereocenters. The average Bonchev–Trinajstić information content (AvgIpc) is 2.86. The van der Waals surface area contributed by atoms with Gasteiger partial charge in [-0.3, -0.25) is 4.79 Å². The zero-order valence-electron chi connectivity index (χ0n) is 12.7. The molecule has 1 aliphatic rings. The number of ketones is 1. The van der Waals surface area contributed by atoms with Crippen molar-refractivity contribution >= 4 is 23.5 Å². The molecule has 3 nitrogen and oxygen atoms in total. The van der Waals surface area contributed by atoms with Crippen molar-refractivity contribution in [1.82, 2.24) is 0 Å².